The van der Waals surface area contributed by atoms with Crippen LogP contribution in [0.5, 0.6) is 0 Å². The molecule has 12 nitrogen and oxygen atoms in total. The van der Waals surface area contributed by atoms with Gasteiger partial charge >= 0.3 is 0 Å². The number of sulfonamides is 1. The average molecular weight is 651 g/mol. The van der Waals surface area contributed by atoms with Crippen molar-refractivity contribution in [3.8, 4) is 5.69 Å². The molecule has 0 bridgehead atoms. The lowest BCUT2D eigenvalue weighted by Crippen LogP contribution is -2.32. The van der Waals surface area contributed by atoms with E-state index >= 15 is 0 Å². The van der Waals surface area contributed by atoms with Gasteiger partial charge in [0.1, 0.15) is 5.02 Å². The van der Waals surface area contributed by atoms with Gasteiger partial charge in [0, 0.05) is 29.6 Å². The lowest BCUT2D eigenvalue weighted by Gasteiger charge is -2.20. The molecule has 0 amide bonds. The Morgan fingerprint density at radius 2 is 1.48 bits per heavy atom. The standard InChI is InChI=1S/C29H23ClN6O6S2/c30-25-16-15-24(18-27(25)36(39)40)44(41,42)33-26(17-20-7-3-1-4-8-20)28-31-32-29(43-19-21-9-5-2-6-10-21)34(28)22-11-13-23(14-12-22)35(37)38/h1-16,18,26,33H,17,19H2. The van der Waals surface area contributed by atoms with Crippen LogP contribution in [0.15, 0.2) is 113 Å². The minimum Gasteiger partial charge on any atom is -0.273 e. The Kier molecular flexibility index (Phi) is 9.35. The van der Waals surface area contributed by atoms with Crippen LogP contribution < -0.4 is 4.72 Å². The summed E-state index contributed by atoms with van der Waals surface area (Å²) in [6, 6.07) is 26.7. The molecule has 0 aliphatic carbocycles. The molecule has 0 fully saturated rings. The number of hydrogen-bond donors (Lipinski definition) is 1. The summed E-state index contributed by atoms with van der Waals surface area (Å²) in [5.74, 6) is 0.737. The van der Waals surface area contributed by atoms with Gasteiger partial charge in [-0.05, 0) is 41.8 Å². The van der Waals surface area contributed by atoms with E-state index in [1.54, 1.807) is 4.57 Å². The minimum absolute atomic E-state index is 0.118. The van der Waals surface area contributed by atoms with Crippen LogP contribution in [-0.2, 0) is 22.2 Å². The second-order valence-electron chi connectivity index (χ2n) is 9.46. The van der Waals surface area contributed by atoms with Gasteiger partial charge < -0.3 is 0 Å². The molecule has 1 atom stereocenters. The first-order chi connectivity index (χ1) is 21.1. The fourth-order valence-corrected chi connectivity index (χ4v) is 6.69. The molecule has 1 N–H and O–H groups in total. The number of rotatable bonds is 12. The molecule has 1 heterocycles. The summed E-state index contributed by atoms with van der Waals surface area (Å²) in [5.41, 5.74) is 1.60. The highest BCUT2D eigenvalue weighted by atomic mass is 35.5. The Labute approximate surface area is 261 Å². The van der Waals surface area contributed by atoms with Crippen LogP contribution in [-0.4, -0.2) is 33.0 Å². The summed E-state index contributed by atoms with van der Waals surface area (Å²) in [4.78, 5) is 21.2. The highest BCUT2D eigenvalue weighted by molar-refractivity contribution is 7.98. The maximum absolute atomic E-state index is 13.7. The lowest BCUT2D eigenvalue weighted by atomic mass is 10.1. The normalized spacial score (nSPS) is 12.1. The third kappa shape index (κ3) is 7.11. The number of thioether (sulfide) groups is 1. The van der Waals surface area contributed by atoms with Crippen LogP contribution in [0.2, 0.25) is 5.02 Å². The van der Waals surface area contributed by atoms with Crippen molar-refractivity contribution in [2.75, 3.05) is 0 Å². The Hall–Kier alpha value is -4.63. The third-order valence-corrected chi connectivity index (χ3v) is 9.29. The van der Waals surface area contributed by atoms with Gasteiger partial charge in [-0.25, -0.2) is 13.1 Å². The van der Waals surface area contributed by atoms with E-state index in [0.29, 0.717) is 16.6 Å². The Balaban J connectivity index is 1.60. The quantitative estimate of drug-likeness (QED) is 0.0928. The van der Waals surface area contributed by atoms with E-state index in [1.165, 1.54) is 42.1 Å². The second-order valence-corrected chi connectivity index (χ2v) is 12.5. The molecule has 5 rings (SSSR count). The van der Waals surface area contributed by atoms with E-state index in [-0.39, 0.29) is 27.9 Å². The molecule has 1 unspecified atom stereocenters. The van der Waals surface area contributed by atoms with Crippen molar-refractivity contribution in [2.45, 2.75) is 28.3 Å². The second kappa shape index (κ2) is 13.3. The zero-order valence-electron chi connectivity index (χ0n) is 22.7. The highest BCUT2D eigenvalue weighted by Crippen LogP contribution is 2.32. The number of non-ortho nitro benzene ring substituents is 1. The van der Waals surface area contributed by atoms with Crippen LogP contribution in [0.25, 0.3) is 5.69 Å². The monoisotopic (exact) mass is 650 g/mol. The van der Waals surface area contributed by atoms with Crippen LogP contribution in [0.1, 0.15) is 23.0 Å². The maximum atomic E-state index is 13.7. The molecule has 15 heteroatoms. The van der Waals surface area contributed by atoms with Gasteiger partial charge in [0.25, 0.3) is 11.4 Å². The topological polar surface area (TPSA) is 163 Å². The third-order valence-electron chi connectivity index (χ3n) is 6.50. The molecule has 0 spiro atoms. The van der Waals surface area contributed by atoms with E-state index in [0.717, 1.165) is 23.3 Å². The Morgan fingerprint density at radius 1 is 0.841 bits per heavy atom. The molecule has 4 aromatic carbocycles. The summed E-state index contributed by atoms with van der Waals surface area (Å²) in [6.07, 6.45) is 0.143. The highest BCUT2D eigenvalue weighted by Gasteiger charge is 2.30. The summed E-state index contributed by atoms with van der Waals surface area (Å²) >= 11 is 7.28. The van der Waals surface area contributed by atoms with Crippen molar-refractivity contribution >= 4 is 44.8 Å². The first kappa shape index (κ1) is 30.8. The van der Waals surface area contributed by atoms with Crippen molar-refractivity contribution < 1.29 is 18.3 Å². The fraction of sp³-hybridized carbons (Fsp3) is 0.103. The van der Waals surface area contributed by atoms with Gasteiger partial charge in [-0.1, -0.05) is 84.0 Å². The first-order valence-electron chi connectivity index (χ1n) is 13.0. The Bertz CT molecular complexity index is 1910. The van der Waals surface area contributed by atoms with E-state index in [4.69, 9.17) is 11.6 Å². The van der Waals surface area contributed by atoms with Crippen LogP contribution in [0.4, 0.5) is 11.4 Å². The molecule has 0 saturated heterocycles. The van der Waals surface area contributed by atoms with Gasteiger partial charge in [-0.15, -0.1) is 10.2 Å². The number of aromatic nitrogens is 3. The van der Waals surface area contributed by atoms with E-state index in [2.05, 4.69) is 14.9 Å². The average Bonchev–Trinajstić information content (AvgIpc) is 3.44. The number of benzene rings is 4. The summed E-state index contributed by atoms with van der Waals surface area (Å²) in [6.45, 7) is 0. The molecule has 1 aromatic heterocycles. The molecular weight excluding hydrogens is 628 g/mol. The van der Waals surface area contributed by atoms with Crippen molar-refractivity contribution in [3.05, 3.63) is 145 Å². The summed E-state index contributed by atoms with van der Waals surface area (Å²) < 4.78 is 31.6. The SMILES string of the molecule is O=[N+]([O-])c1ccc(-n2c(SCc3ccccc3)nnc2C(Cc2ccccc2)NS(=O)(=O)c2ccc(Cl)c([N+](=O)[O-])c2)cc1. The molecule has 0 radical (unpaired) electrons. The zero-order valence-corrected chi connectivity index (χ0v) is 25.1. The minimum atomic E-state index is -4.35. The van der Waals surface area contributed by atoms with E-state index in [1.807, 2.05) is 60.7 Å². The summed E-state index contributed by atoms with van der Waals surface area (Å²) in [7, 11) is -4.35. The smallest absolute Gasteiger partial charge is 0.273 e. The predicted molar refractivity (Wildman–Crippen MR) is 165 cm³/mol. The lowest BCUT2D eigenvalue weighted by molar-refractivity contribution is -0.385. The van der Waals surface area contributed by atoms with Crippen LogP contribution in [0.3, 0.4) is 0 Å². The number of hydrogen-bond acceptors (Lipinski definition) is 9. The Morgan fingerprint density at radius 3 is 2.09 bits per heavy atom. The van der Waals surface area contributed by atoms with Crippen LogP contribution >= 0.6 is 23.4 Å². The number of nitro benzene ring substituents is 2. The van der Waals surface area contributed by atoms with Crippen LogP contribution in [0, 0.1) is 20.2 Å². The van der Waals surface area contributed by atoms with Crippen molar-refractivity contribution in [1.82, 2.24) is 19.5 Å². The first-order valence-corrected chi connectivity index (χ1v) is 15.8. The van der Waals surface area contributed by atoms with Gasteiger partial charge in [-0.2, -0.15) is 0 Å². The molecular formula is C29H23ClN6O6S2. The maximum Gasteiger partial charge on any atom is 0.289 e. The van der Waals surface area contributed by atoms with Gasteiger partial charge in [-0.3, -0.25) is 24.8 Å². The van der Waals surface area contributed by atoms with E-state index in [9.17, 15) is 28.6 Å². The van der Waals surface area contributed by atoms with Gasteiger partial charge in [0.05, 0.1) is 20.8 Å². The number of nitro groups is 2. The molecule has 224 valence electrons. The van der Waals surface area contributed by atoms with E-state index < -0.39 is 31.6 Å². The molecule has 0 aliphatic rings. The number of nitrogens with zero attached hydrogens (tertiary/aromatic N) is 5. The largest absolute Gasteiger partial charge is 0.289 e. The molecule has 0 aliphatic heterocycles. The predicted octanol–water partition coefficient (Wildman–Crippen LogP) is 6.29. The van der Waals surface area contributed by atoms with Crippen molar-refractivity contribution in [1.29, 1.82) is 0 Å². The zero-order chi connectivity index (χ0) is 31.3. The van der Waals surface area contributed by atoms with Gasteiger partial charge in [0.15, 0.2) is 11.0 Å². The van der Waals surface area contributed by atoms with Crippen molar-refractivity contribution in [2.24, 2.45) is 0 Å². The van der Waals surface area contributed by atoms with Gasteiger partial charge in [0.2, 0.25) is 10.0 Å². The molecule has 5 aromatic rings. The molecule has 0 saturated carbocycles. The molecule has 44 heavy (non-hydrogen) atoms. The summed E-state index contributed by atoms with van der Waals surface area (Å²) in [5, 5.41) is 31.8. The number of nitrogens with one attached hydrogen (secondary N) is 1. The number of halogens is 1. The fourth-order valence-electron chi connectivity index (χ4n) is 4.38. The van der Waals surface area contributed by atoms with Crippen molar-refractivity contribution in [3.63, 3.8) is 0 Å².